The molecule has 1 saturated heterocycles. The van der Waals surface area contributed by atoms with Crippen LogP contribution in [0.25, 0.3) is 11.5 Å². The van der Waals surface area contributed by atoms with E-state index in [4.69, 9.17) is 13.9 Å². The number of methoxy groups -OCH3 is 2. The molecule has 0 amide bonds. The van der Waals surface area contributed by atoms with Crippen LogP contribution in [0.5, 0.6) is 11.5 Å². The molecule has 8 nitrogen and oxygen atoms in total. The normalized spacial score (nSPS) is 17.5. The Morgan fingerprint density at radius 3 is 2.65 bits per heavy atom. The molecule has 2 aromatic carbocycles. The van der Waals surface area contributed by atoms with Crippen LogP contribution >= 0.6 is 0 Å². The van der Waals surface area contributed by atoms with Gasteiger partial charge in [0.1, 0.15) is 16.4 Å². The largest absolute Gasteiger partial charge is 0.497 e. The van der Waals surface area contributed by atoms with Crippen molar-refractivity contribution in [1.82, 2.24) is 14.5 Å². The van der Waals surface area contributed by atoms with E-state index in [9.17, 15) is 8.42 Å². The van der Waals surface area contributed by atoms with Crippen LogP contribution in [0.4, 0.5) is 0 Å². The standard InChI is InChI=1S/C22H25N3O5S/c1-15-7-4-5-9-18(15)22-24-23-21(30-22)16-8-6-12-25(14-16)31(26,27)20-13-17(28-2)10-11-19(20)29-3/h4-5,7,9-11,13,16H,6,8,12,14H2,1-3H3/t16-/m1/s1. The summed E-state index contributed by atoms with van der Waals surface area (Å²) in [4.78, 5) is 0.0844. The lowest BCUT2D eigenvalue weighted by Gasteiger charge is -2.30. The molecule has 0 aliphatic carbocycles. The van der Waals surface area contributed by atoms with E-state index < -0.39 is 10.0 Å². The lowest BCUT2D eigenvalue weighted by atomic mass is 10.00. The summed E-state index contributed by atoms with van der Waals surface area (Å²) in [7, 11) is -0.845. The van der Waals surface area contributed by atoms with Gasteiger partial charge in [0.05, 0.1) is 20.1 Å². The highest BCUT2D eigenvalue weighted by molar-refractivity contribution is 7.89. The van der Waals surface area contributed by atoms with Crippen LogP contribution in [0.15, 0.2) is 51.8 Å². The van der Waals surface area contributed by atoms with E-state index in [2.05, 4.69) is 10.2 Å². The van der Waals surface area contributed by atoms with Gasteiger partial charge in [-0.05, 0) is 43.5 Å². The molecule has 2 heterocycles. The van der Waals surface area contributed by atoms with E-state index in [0.29, 0.717) is 30.5 Å². The van der Waals surface area contributed by atoms with Crippen molar-refractivity contribution in [2.75, 3.05) is 27.3 Å². The van der Waals surface area contributed by atoms with Crippen molar-refractivity contribution < 1.29 is 22.3 Å². The molecule has 0 radical (unpaired) electrons. The number of ether oxygens (including phenoxy) is 2. The van der Waals surface area contributed by atoms with Gasteiger partial charge in [-0.25, -0.2) is 8.42 Å². The quantitative estimate of drug-likeness (QED) is 0.574. The van der Waals surface area contributed by atoms with Gasteiger partial charge in [0.15, 0.2) is 0 Å². The van der Waals surface area contributed by atoms with E-state index in [0.717, 1.165) is 17.5 Å². The van der Waals surface area contributed by atoms with Crippen molar-refractivity contribution in [2.45, 2.75) is 30.6 Å². The first-order chi connectivity index (χ1) is 14.9. The Balaban J connectivity index is 1.60. The highest BCUT2D eigenvalue weighted by Crippen LogP contribution is 2.35. The second-order valence-corrected chi connectivity index (χ2v) is 9.39. The van der Waals surface area contributed by atoms with Crippen molar-refractivity contribution in [3.05, 3.63) is 53.9 Å². The molecule has 3 aromatic rings. The molecule has 0 bridgehead atoms. The average Bonchev–Trinajstić information content (AvgIpc) is 3.29. The van der Waals surface area contributed by atoms with Gasteiger partial charge in [-0.2, -0.15) is 4.31 Å². The van der Waals surface area contributed by atoms with Crippen molar-refractivity contribution in [1.29, 1.82) is 0 Å². The topological polar surface area (TPSA) is 94.8 Å². The maximum absolute atomic E-state index is 13.4. The fraction of sp³-hybridized carbons (Fsp3) is 0.364. The van der Waals surface area contributed by atoms with E-state index in [-0.39, 0.29) is 23.1 Å². The van der Waals surface area contributed by atoms with E-state index in [1.165, 1.54) is 24.6 Å². The number of hydrogen-bond acceptors (Lipinski definition) is 7. The predicted molar refractivity (Wildman–Crippen MR) is 115 cm³/mol. The molecule has 1 aliphatic rings. The van der Waals surface area contributed by atoms with Crippen LogP contribution < -0.4 is 9.47 Å². The first-order valence-electron chi connectivity index (χ1n) is 10.1. The minimum atomic E-state index is -3.79. The molecular weight excluding hydrogens is 418 g/mol. The second kappa shape index (κ2) is 8.68. The fourth-order valence-electron chi connectivity index (χ4n) is 3.81. The van der Waals surface area contributed by atoms with Gasteiger partial charge in [-0.15, -0.1) is 10.2 Å². The lowest BCUT2D eigenvalue weighted by molar-refractivity contribution is 0.285. The molecule has 164 valence electrons. The van der Waals surface area contributed by atoms with Crippen LogP contribution in [-0.2, 0) is 10.0 Å². The summed E-state index contributed by atoms with van der Waals surface area (Å²) in [6.07, 6.45) is 1.47. The Kier molecular flexibility index (Phi) is 5.97. The first kappa shape index (κ1) is 21.3. The van der Waals surface area contributed by atoms with E-state index in [1.807, 2.05) is 31.2 Å². The van der Waals surface area contributed by atoms with Gasteiger partial charge >= 0.3 is 0 Å². The van der Waals surface area contributed by atoms with Crippen molar-refractivity contribution in [3.63, 3.8) is 0 Å². The van der Waals surface area contributed by atoms with Crippen molar-refractivity contribution >= 4 is 10.0 Å². The molecule has 4 rings (SSSR count). The molecule has 0 unspecified atom stereocenters. The molecule has 9 heteroatoms. The number of rotatable bonds is 6. The summed E-state index contributed by atoms with van der Waals surface area (Å²) in [5.74, 6) is 1.46. The van der Waals surface area contributed by atoms with Crippen molar-refractivity contribution in [3.8, 4) is 23.0 Å². The van der Waals surface area contributed by atoms with E-state index in [1.54, 1.807) is 12.1 Å². The Hall–Kier alpha value is -2.91. The molecule has 0 saturated carbocycles. The lowest BCUT2D eigenvalue weighted by Crippen LogP contribution is -2.39. The number of hydrogen-bond donors (Lipinski definition) is 0. The predicted octanol–water partition coefficient (Wildman–Crippen LogP) is 3.63. The summed E-state index contributed by atoms with van der Waals surface area (Å²) >= 11 is 0. The van der Waals surface area contributed by atoms with Gasteiger partial charge in [-0.1, -0.05) is 18.2 Å². The molecule has 31 heavy (non-hydrogen) atoms. The summed E-state index contributed by atoms with van der Waals surface area (Å²) in [6.45, 7) is 2.66. The van der Waals surface area contributed by atoms with Gasteiger partial charge in [-0.3, -0.25) is 0 Å². The zero-order valence-corrected chi connectivity index (χ0v) is 18.6. The Morgan fingerprint density at radius 2 is 1.90 bits per heavy atom. The summed E-state index contributed by atoms with van der Waals surface area (Å²) in [5.41, 5.74) is 1.92. The maximum atomic E-state index is 13.4. The molecule has 1 atom stereocenters. The Morgan fingerprint density at radius 1 is 1.10 bits per heavy atom. The number of nitrogens with zero attached hydrogens (tertiary/aromatic N) is 3. The zero-order chi connectivity index (χ0) is 22.0. The summed E-state index contributed by atoms with van der Waals surface area (Å²) in [6, 6.07) is 12.5. The molecule has 1 aromatic heterocycles. The summed E-state index contributed by atoms with van der Waals surface area (Å²) in [5, 5.41) is 8.42. The van der Waals surface area contributed by atoms with Crippen LogP contribution in [0, 0.1) is 6.92 Å². The van der Waals surface area contributed by atoms with Gasteiger partial charge in [0, 0.05) is 24.7 Å². The Labute approximate surface area is 181 Å². The minimum Gasteiger partial charge on any atom is -0.497 e. The molecule has 1 aliphatic heterocycles. The highest BCUT2D eigenvalue weighted by Gasteiger charge is 2.35. The van der Waals surface area contributed by atoms with Crippen LogP contribution in [0.1, 0.15) is 30.2 Å². The molecule has 1 fully saturated rings. The van der Waals surface area contributed by atoms with Crippen LogP contribution in [-0.4, -0.2) is 50.2 Å². The number of aromatic nitrogens is 2. The van der Waals surface area contributed by atoms with E-state index >= 15 is 0 Å². The van der Waals surface area contributed by atoms with Crippen LogP contribution in [0.3, 0.4) is 0 Å². The minimum absolute atomic E-state index is 0.0844. The molecule has 0 spiro atoms. The second-order valence-electron chi connectivity index (χ2n) is 7.48. The van der Waals surface area contributed by atoms with Gasteiger partial charge in [0.25, 0.3) is 0 Å². The summed E-state index contributed by atoms with van der Waals surface area (Å²) < 4.78 is 44.7. The maximum Gasteiger partial charge on any atom is 0.248 e. The highest BCUT2D eigenvalue weighted by atomic mass is 32.2. The number of sulfonamides is 1. The first-order valence-corrected chi connectivity index (χ1v) is 11.5. The van der Waals surface area contributed by atoms with Crippen molar-refractivity contribution in [2.24, 2.45) is 0 Å². The zero-order valence-electron chi connectivity index (χ0n) is 17.7. The third-order valence-electron chi connectivity index (χ3n) is 5.54. The van der Waals surface area contributed by atoms with Crippen LogP contribution in [0.2, 0.25) is 0 Å². The third-order valence-corrected chi connectivity index (χ3v) is 7.42. The van der Waals surface area contributed by atoms with Gasteiger partial charge in [0.2, 0.25) is 21.8 Å². The SMILES string of the molecule is COc1ccc(OC)c(S(=O)(=O)N2CCC[C@@H](c3nnc(-c4ccccc4C)o3)C2)c1. The third kappa shape index (κ3) is 4.15. The monoisotopic (exact) mass is 443 g/mol. The smallest absolute Gasteiger partial charge is 0.248 e. The molecule has 0 N–H and O–H groups in total. The number of benzene rings is 2. The molecular formula is C22H25N3O5S. The van der Waals surface area contributed by atoms with Gasteiger partial charge < -0.3 is 13.9 Å². The fourth-order valence-corrected chi connectivity index (χ4v) is 5.50. The number of piperidine rings is 1. The average molecular weight is 444 g/mol. The number of aryl methyl sites for hydroxylation is 1. The Bertz CT molecular complexity index is 1180.